The van der Waals surface area contributed by atoms with Gasteiger partial charge in [0.2, 0.25) is 11.8 Å². The normalized spacial score (nSPS) is 29.7. The summed E-state index contributed by atoms with van der Waals surface area (Å²) in [6.45, 7) is 4.04. The number of ether oxygens (including phenoxy) is 1. The molecule has 0 saturated carbocycles. The number of nitrogens with one attached hydrogen (secondary N) is 1. The minimum atomic E-state index is -0.900. The fraction of sp³-hybridized carbons (Fsp3) is 0.833. The molecule has 0 spiro atoms. The van der Waals surface area contributed by atoms with E-state index in [0.29, 0.717) is 26.0 Å². The standard InChI is InChI=1S/C12H21N3O3/c1-9(7-15-5-2-3-10(15)16)14-11(17)12(13)4-6-18-8-12/h9H,2-8,13H2,1H3,(H,14,17). The van der Waals surface area contributed by atoms with Gasteiger partial charge in [-0.3, -0.25) is 9.59 Å². The Hall–Kier alpha value is -1.14. The summed E-state index contributed by atoms with van der Waals surface area (Å²) in [7, 11) is 0. The van der Waals surface area contributed by atoms with Gasteiger partial charge in [0.1, 0.15) is 5.54 Å². The molecule has 2 fully saturated rings. The van der Waals surface area contributed by atoms with Crippen molar-refractivity contribution in [3.8, 4) is 0 Å². The van der Waals surface area contributed by atoms with Gasteiger partial charge >= 0.3 is 0 Å². The lowest BCUT2D eigenvalue weighted by molar-refractivity contribution is -0.130. The Labute approximate surface area is 107 Å². The zero-order valence-corrected chi connectivity index (χ0v) is 10.8. The molecule has 0 bridgehead atoms. The van der Waals surface area contributed by atoms with Gasteiger partial charge in [0.25, 0.3) is 0 Å². The van der Waals surface area contributed by atoms with Crippen molar-refractivity contribution in [2.45, 2.75) is 37.8 Å². The highest BCUT2D eigenvalue weighted by molar-refractivity contribution is 5.87. The Morgan fingerprint density at radius 1 is 1.67 bits per heavy atom. The van der Waals surface area contributed by atoms with Crippen LogP contribution in [-0.2, 0) is 14.3 Å². The lowest BCUT2D eigenvalue weighted by Gasteiger charge is -2.26. The summed E-state index contributed by atoms with van der Waals surface area (Å²) in [5.41, 5.74) is 5.07. The second kappa shape index (κ2) is 5.24. The van der Waals surface area contributed by atoms with Crippen molar-refractivity contribution >= 4 is 11.8 Å². The van der Waals surface area contributed by atoms with Crippen LogP contribution in [0, 0.1) is 0 Å². The summed E-state index contributed by atoms with van der Waals surface area (Å²) in [6.07, 6.45) is 2.08. The second-order valence-electron chi connectivity index (χ2n) is 5.28. The monoisotopic (exact) mass is 255 g/mol. The maximum absolute atomic E-state index is 12.0. The zero-order valence-electron chi connectivity index (χ0n) is 10.8. The molecule has 2 saturated heterocycles. The highest BCUT2D eigenvalue weighted by Crippen LogP contribution is 2.16. The van der Waals surface area contributed by atoms with Gasteiger partial charge in [-0.15, -0.1) is 0 Å². The first kappa shape index (κ1) is 13.3. The smallest absolute Gasteiger partial charge is 0.242 e. The molecule has 2 amide bonds. The number of nitrogens with zero attached hydrogens (tertiary/aromatic N) is 1. The molecule has 2 aliphatic rings. The molecule has 6 heteroatoms. The summed E-state index contributed by atoms with van der Waals surface area (Å²) in [4.78, 5) is 25.3. The third-order valence-corrected chi connectivity index (χ3v) is 3.55. The molecule has 3 N–H and O–H groups in total. The van der Waals surface area contributed by atoms with Crippen LogP contribution in [0.1, 0.15) is 26.2 Å². The minimum absolute atomic E-state index is 0.0828. The fourth-order valence-electron chi connectivity index (χ4n) is 2.40. The third-order valence-electron chi connectivity index (χ3n) is 3.55. The first-order valence-corrected chi connectivity index (χ1v) is 6.47. The van der Waals surface area contributed by atoms with Crippen LogP contribution < -0.4 is 11.1 Å². The van der Waals surface area contributed by atoms with Crippen molar-refractivity contribution in [3.05, 3.63) is 0 Å². The van der Waals surface area contributed by atoms with E-state index in [2.05, 4.69) is 5.32 Å². The van der Waals surface area contributed by atoms with E-state index in [9.17, 15) is 9.59 Å². The Kier molecular flexibility index (Phi) is 3.87. The molecule has 0 aromatic carbocycles. The van der Waals surface area contributed by atoms with E-state index in [1.807, 2.05) is 6.92 Å². The van der Waals surface area contributed by atoms with Crippen LogP contribution in [0.5, 0.6) is 0 Å². The lowest BCUT2D eigenvalue weighted by Crippen LogP contribution is -2.57. The first-order chi connectivity index (χ1) is 8.51. The molecule has 2 rings (SSSR count). The topological polar surface area (TPSA) is 84.7 Å². The number of amides is 2. The maximum Gasteiger partial charge on any atom is 0.242 e. The molecule has 0 aromatic heterocycles. The van der Waals surface area contributed by atoms with Gasteiger partial charge in [0.15, 0.2) is 0 Å². The molecule has 0 aromatic rings. The number of nitrogens with two attached hydrogens (primary N) is 1. The molecule has 18 heavy (non-hydrogen) atoms. The van der Waals surface area contributed by atoms with Gasteiger partial charge in [-0.1, -0.05) is 0 Å². The summed E-state index contributed by atoms with van der Waals surface area (Å²) in [5.74, 6) is -0.0121. The summed E-state index contributed by atoms with van der Waals surface area (Å²) in [5, 5.41) is 2.87. The molecule has 2 aliphatic heterocycles. The van der Waals surface area contributed by atoms with E-state index in [1.54, 1.807) is 4.90 Å². The number of carbonyl (C=O) groups is 2. The van der Waals surface area contributed by atoms with Gasteiger partial charge in [-0.2, -0.15) is 0 Å². The average Bonchev–Trinajstić information content (AvgIpc) is 2.90. The van der Waals surface area contributed by atoms with Gasteiger partial charge < -0.3 is 20.7 Å². The van der Waals surface area contributed by atoms with Crippen LogP contribution in [0.2, 0.25) is 0 Å². The highest BCUT2D eigenvalue weighted by Gasteiger charge is 2.38. The Morgan fingerprint density at radius 3 is 3.00 bits per heavy atom. The largest absolute Gasteiger partial charge is 0.379 e. The summed E-state index contributed by atoms with van der Waals surface area (Å²) >= 11 is 0. The number of hydrogen-bond donors (Lipinski definition) is 2. The van der Waals surface area contributed by atoms with Crippen LogP contribution in [0.4, 0.5) is 0 Å². The summed E-state index contributed by atoms with van der Waals surface area (Å²) in [6, 6.07) is -0.0828. The van der Waals surface area contributed by atoms with Gasteiger partial charge in [-0.25, -0.2) is 0 Å². The number of hydrogen-bond acceptors (Lipinski definition) is 4. The molecule has 2 heterocycles. The first-order valence-electron chi connectivity index (χ1n) is 6.47. The van der Waals surface area contributed by atoms with Crippen LogP contribution in [0.15, 0.2) is 0 Å². The second-order valence-corrected chi connectivity index (χ2v) is 5.28. The Bertz CT molecular complexity index is 339. The van der Waals surface area contributed by atoms with E-state index >= 15 is 0 Å². The molecule has 102 valence electrons. The molecular formula is C12H21N3O3. The lowest BCUT2D eigenvalue weighted by atomic mass is 9.99. The third kappa shape index (κ3) is 2.81. The van der Waals surface area contributed by atoms with Crippen LogP contribution >= 0.6 is 0 Å². The van der Waals surface area contributed by atoms with E-state index in [0.717, 1.165) is 13.0 Å². The predicted octanol–water partition coefficient (Wildman–Crippen LogP) is -0.769. The quantitative estimate of drug-likeness (QED) is 0.691. The van der Waals surface area contributed by atoms with Gasteiger partial charge in [0.05, 0.1) is 6.61 Å². The predicted molar refractivity (Wildman–Crippen MR) is 65.8 cm³/mol. The van der Waals surface area contributed by atoms with Crippen molar-refractivity contribution in [2.24, 2.45) is 5.73 Å². The Morgan fingerprint density at radius 2 is 2.44 bits per heavy atom. The molecule has 6 nitrogen and oxygen atoms in total. The van der Waals surface area contributed by atoms with Crippen LogP contribution in [-0.4, -0.2) is 54.6 Å². The molecule has 0 radical (unpaired) electrons. The fourth-order valence-corrected chi connectivity index (χ4v) is 2.40. The van der Waals surface area contributed by atoms with Crippen molar-refractivity contribution in [3.63, 3.8) is 0 Å². The SMILES string of the molecule is CC(CN1CCCC1=O)NC(=O)C1(N)CCOC1. The summed E-state index contributed by atoms with van der Waals surface area (Å²) < 4.78 is 5.16. The van der Waals surface area contributed by atoms with Crippen molar-refractivity contribution in [1.82, 2.24) is 10.2 Å². The van der Waals surface area contributed by atoms with Crippen LogP contribution in [0.25, 0.3) is 0 Å². The molecular weight excluding hydrogens is 234 g/mol. The minimum Gasteiger partial charge on any atom is -0.379 e. The number of rotatable bonds is 4. The van der Waals surface area contributed by atoms with Crippen LogP contribution in [0.3, 0.4) is 0 Å². The van der Waals surface area contributed by atoms with Gasteiger partial charge in [-0.05, 0) is 19.8 Å². The maximum atomic E-state index is 12.0. The van der Waals surface area contributed by atoms with E-state index in [4.69, 9.17) is 10.5 Å². The highest BCUT2D eigenvalue weighted by atomic mass is 16.5. The van der Waals surface area contributed by atoms with Crippen molar-refractivity contribution < 1.29 is 14.3 Å². The van der Waals surface area contributed by atoms with Gasteiger partial charge in [0, 0.05) is 32.2 Å². The molecule has 0 aliphatic carbocycles. The van der Waals surface area contributed by atoms with E-state index < -0.39 is 5.54 Å². The van der Waals surface area contributed by atoms with Crippen molar-refractivity contribution in [2.75, 3.05) is 26.3 Å². The van der Waals surface area contributed by atoms with E-state index in [-0.39, 0.29) is 24.5 Å². The van der Waals surface area contributed by atoms with E-state index in [1.165, 1.54) is 0 Å². The zero-order chi connectivity index (χ0) is 13.2. The Balaban J connectivity index is 1.81. The molecule has 2 atom stereocenters. The average molecular weight is 255 g/mol. The number of carbonyl (C=O) groups excluding carboxylic acids is 2. The molecule has 2 unspecified atom stereocenters. The van der Waals surface area contributed by atoms with Crippen molar-refractivity contribution in [1.29, 1.82) is 0 Å². The number of likely N-dealkylation sites (tertiary alicyclic amines) is 1.